The highest BCUT2D eigenvalue weighted by atomic mass is 16.5. The summed E-state index contributed by atoms with van der Waals surface area (Å²) in [4.78, 5) is 2.41. The van der Waals surface area contributed by atoms with Gasteiger partial charge in [0.15, 0.2) is 0 Å². The summed E-state index contributed by atoms with van der Waals surface area (Å²) in [5.41, 5.74) is 2.77. The molecule has 33 heavy (non-hydrogen) atoms. The Labute approximate surface area is 196 Å². The fourth-order valence-corrected chi connectivity index (χ4v) is 4.39. The highest BCUT2D eigenvalue weighted by Gasteiger charge is 2.31. The fourth-order valence-electron chi connectivity index (χ4n) is 4.39. The lowest BCUT2D eigenvalue weighted by molar-refractivity contribution is -0.0170. The number of aromatic nitrogens is 2. The van der Waals surface area contributed by atoms with Gasteiger partial charge in [0, 0.05) is 25.5 Å². The van der Waals surface area contributed by atoms with Crippen LogP contribution >= 0.6 is 0 Å². The largest absolute Gasteiger partial charge is 0.492 e. The molecule has 6 nitrogen and oxygen atoms in total. The molecule has 1 aliphatic rings. The Hall–Kier alpha value is -2.83. The summed E-state index contributed by atoms with van der Waals surface area (Å²) < 4.78 is 13.8. The molecule has 2 aromatic carbocycles. The van der Waals surface area contributed by atoms with Gasteiger partial charge >= 0.3 is 0 Å². The molecule has 0 radical (unpaired) electrons. The second kappa shape index (κ2) is 10.9. The maximum Gasteiger partial charge on any atom is 0.122 e. The van der Waals surface area contributed by atoms with E-state index in [2.05, 4.69) is 48.1 Å². The van der Waals surface area contributed by atoms with E-state index in [1.165, 1.54) is 11.1 Å². The average molecular weight is 450 g/mol. The molecule has 6 heteroatoms. The van der Waals surface area contributed by atoms with Gasteiger partial charge in [0.05, 0.1) is 12.1 Å². The monoisotopic (exact) mass is 449 g/mol. The van der Waals surface area contributed by atoms with Crippen LogP contribution in [0.2, 0.25) is 0 Å². The van der Waals surface area contributed by atoms with Crippen molar-refractivity contribution in [1.29, 1.82) is 0 Å². The van der Waals surface area contributed by atoms with Crippen LogP contribution in [0.5, 0.6) is 11.5 Å². The van der Waals surface area contributed by atoms with Gasteiger partial charge in [0.2, 0.25) is 0 Å². The lowest BCUT2D eigenvalue weighted by Crippen LogP contribution is -2.37. The minimum atomic E-state index is -0.788. The van der Waals surface area contributed by atoms with Crippen LogP contribution < -0.4 is 9.47 Å². The Balaban J connectivity index is 1.27. The Morgan fingerprint density at radius 3 is 2.76 bits per heavy atom. The fraction of sp³-hybridized carbons (Fsp3) is 0.444. The number of rotatable bonds is 9. The second-order valence-electron chi connectivity index (χ2n) is 9.18. The van der Waals surface area contributed by atoms with Crippen molar-refractivity contribution in [2.45, 2.75) is 51.8 Å². The Morgan fingerprint density at radius 1 is 1.03 bits per heavy atom. The molecule has 4 rings (SSSR count). The van der Waals surface area contributed by atoms with E-state index in [-0.39, 0.29) is 0 Å². The van der Waals surface area contributed by atoms with Crippen LogP contribution in [0.15, 0.2) is 60.9 Å². The summed E-state index contributed by atoms with van der Waals surface area (Å²) in [6, 6.07) is 16.4. The van der Waals surface area contributed by atoms with Crippen molar-refractivity contribution >= 4 is 0 Å². The summed E-state index contributed by atoms with van der Waals surface area (Å²) in [6.07, 6.45) is 6.13. The highest BCUT2D eigenvalue weighted by molar-refractivity contribution is 5.35. The first-order valence-corrected chi connectivity index (χ1v) is 11.8. The van der Waals surface area contributed by atoms with Gasteiger partial charge in [0.25, 0.3) is 0 Å². The van der Waals surface area contributed by atoms with Crippen LogP contribution in [0.4, 0.5) is 0 Å². The molecule has 176 valence electrons. The topological polar surface area (TPSA) is 59.8 Å². The molecular weight excluding hydrogens is 414 g/mol. The van der Waals surface area contributed by atoms with Gasteiger partial charge in [0.1, 0.15) is 24.7 Å². The number of benzene rings is 2. The maximum absolute atomic E-state index is 11.2. The van der Waals surface area contributed by atoms with Crippen molar-refractivity contribution in [3.8, 4) is 11.5 Å². The third-order valence-electron chi connectivity index (χ3n) is 6.29. The third-order valence-corrected chi connectivity index (χ3v) is 6.29. The van der Waals surface area contributed by atoms with Gasteiger partial charge < -0.3 is 14.6 Å². The van der Waals surface area contributed by atoms with Crippen LogP contribution in [-0.2, 0) is 13.1 Å². The number of aryl methyl sites for hydroxylation is 2. The number of ether oxygens (including phenoxy) is 2. The SMILES string of the molecule is Cc1ccc(OC[C@]2(O)CCCN(Cc3cccc(OCCn4cccn4)c3)CC2)c(C)c1. The van der Waals surface area contributed by atoms with Gasteiger partial charge in [-0.25, -0.2) is 0 Å². The predicted octanol–water partition coefficient (Wildman–Crippen LogP) is 4.37. The molecule has 1 N–H and O–H groups in total. The summed E-state index contributed by atoms with van der Waals surface area (Å²) in [7, 11) is 0. The zero-order valence-electron chi connectivity index (χ0n) is 19.7. The van der Waals surface area contributed by atoms with Crippen LogP contribution in [0.25, 0.3) is 0 Å². The molecule has 0 unspecified atom stereocenters. The van der Waals surface area contributed by atoms with Gasteiger partial charge in [-0.1, -0.05) is 29.8 Å². The van der Waals surface area contributed by atoms with Crippen LogP contribution in [-0.4, -0.2) is 51.7 Å². The molecule has 1 aliphatic heterocycles. The molecule has 0 spiro atoms. The maximum atomic E-state index is 11.2. The van der Waals surface area contributed by atoms with E-state index in [9.17, 15) is 5.11 Å². The summed E-state index contributed by atoms with van der Waals surface area (Å²) in [5, 5.41) is 15.4. The van der Waals surface area contributed by atoms with E-state index in [0.29, 0.717) is 19.6 Å². The number of hydrogen-bond donors (Lipinski definition) is 1. The van der Waals surface area contributed by atoms with Gasteiger partial charge in [-0.05, 0) is 75.0 Å². The Bertz CT molecular complexity index is 1020. The minimum Gasteiger partial charge on any atom is -0.492 e. The number of nitrogens with zero attached hydrogens (tertiary/aromatic N) is 3. The Morgan fingerprint density at radius 2 is 1.94 bits per heavy atom. The molecule has 3 aromatic rings. The molecule has 1 atom stereocenters. The Kier molecular flexibility index (Phi) is 7.68. The zero-order valence-corrected chi connectivity index (χ0v) is 19.7. The van der Waals surface area contributed by atoms with E-state index in [4.69, 9.17) is 9.47 Å². The molecule has 2 heterocycles. The lowest BCUT2D eigenvalue weighted by atomic mass is 9.96. The smallest absolute Gasteiger partial charge is 0.122 e. The molecule has 1 saturated heterocycles. The quantitative estimate of drug-likeness (QED) is 0.526. The third kappa shape index (κ3) is 6.83. The van der Waals surface area contributed by atoms with Crippen molar-refractivity contribution in [3.63, 3.8) is 0 Å². The van der Waals surface area contributed by atoms with Crippen molar-refractivity contribution in [1.82, 2.24) is 14.7 Å². The normalized spacial score (nSPS) is 19.2. The summed E-state index contributed by atoms with van der Waals surface area (Å²) >= 11 is 0. The van der Waals surface area contributed by atoms with E-state index in [1.54, 1.807) is 6.20 Å². The average Bonchev–Trinajstić information content (AvgIpc) is 3.24. The van der Waals surface area contributed by atoms with Gasteiger partial charge in [-0.3, -0.25) is 9.58 Å². The van der Waals surface area contributed by atoms with E-state index < -0.39 is 5.60 Å². The van der Waals surface area contributed by atoms with E-state index in [1.807, 2.05) is 35.1 Å². The molecule has 1 fully saturated rings. The molecule has 0 saturated carbocycles. The zero-order chi connectivity index (χ0) is 23.1. The number of likely N-dealkylation sites (tertiary alicyclic amines) is 1. The van der Waals surface area contributed by atoms with Crippen LogP contribution in [0.3, 0.4) is 0 Å². The van der Waals surface area contributed by atoms with Crippen molar-refractivity contribution < 1.29 is 14.6 Å². The highest BCUT2D eigenvalue weighted by Crippen LogP contribution is 2.27. The number of aliphatic hydroxyl groups is 1. The van der Waals surface area contributed by atoms with Crippen molar-refractivity contribution in [3.05, 3.63) is 77.6 Å². The lowest BCUT2D eigenvalue weighted by Gasteiger charge is -2.27. The molecule has 0 aliphatic carbocycles. The minimum absolute atomic E-state index is 0.338. The first-order valence-electron chi connectivity index (χ1n) is 11.8. The molecule has 0 amide bonds. The molecular formula is C27H35N3O3. The second-order valence-corrected chi connectivity index (χ2v) is 9.18. The van der Waals surface area contributed by atoms with Crippen LogP contribution in [0, 0.1) is 13.8 Å². The van der Waals surface area contributed by atoms with Gasteiger partial charge in [-0.2, -0.15) is 5.10 Å². The summed E-state index contributed by atoms with van der Waals surface area (Å²) in [6.45, 7) is 8.44. The number of hydrogen-bond acceptors (Lipinski definition) is 5. The first kappa shape index (κ1) is 23.3. The molecule has 1 aromatic heterocycles. The molecule has 0 bridgehead atoms. The van der Waals surface area contributed by atoms with E-state index >= 15 is 0 Å². The predicted molar refractivity (Wildman–Crippen MR) is 130 cm³/mol. The standard InChI is InChI=1S/C27H35N3O3/c1-22-8-9-26(23(2)18-22)33-21-27(31)10-4-13-29(15-11-27)20-24-6-3-7-25(19-24)32-17-16-30-14-5-12-28-30/h3,5-9,12,14,18-19,31H,4,10-11,13,15-17,20-21H2,1-2H3/t27-/m0/s1. The van der Waals surface area contributed by atoms with E-state index in [0.717, 1.165) is 56.1 Å². The van der Waals surface area contributed by atoms with Gasteiger partial charge in [-0.15, -0.1) is 0 Å². The van der Waals surface area contributed by atoms with Crippen LogP contribution in [0.1, 0.15) is 36.0 Å². The van der Waals surface area contributed by atoms with Crippen molar-refractivity contribution in [2.75, 3.05) is 26.3 Å². The summed E-state index contributed by atoms with van der Waals surface area (Å²) in [5.74, 6) is 1.74. The first-order chi connectivity index (χ1) is 16.0. The van der Waals surface area contributed by atoms with Crippen molar-refractivity contribution in [2.24, 2.45) is 0 Å².